The van der Waals surface area contributed by atoms with E-state index >= 15 is 0 Å². The van der Waals surface area contributed by atoms with Crippen molar-refractivity contribution in [1.82, 2.24) is 10.2 Å². The van der Waals surface area contributed by atoms with Crippen molar-refractivity contribution < 1.29 is 0 Å². The van der Waals surface area contributed by atoms with E-state index in [2.05, 4.69) is 68.2 Å². The summed E-state index contributed by atoms with van der Waals surface area (Å²) in [4.78, 5) is 2.57. The predicted molar refractivity (Wildman–Crippen MR) is 89.4 cm³/mol. The molecular formula is C18H32N2. The normalized spacial score (nSPS) is 14.4. The van der Waals surface area contributed by atoms with Gasteiger partial charge in [0.25, 0.3) is 0 Å². The Morgan fingerprint density at radius 1 is 1.05 bits per heavy atom. The molecule has 0 saturated heterocycles. The third-order valence-electron chi connectivity index (χ3n) is 3.97. The van der Waals surface area contributed by atoms with Gasteiger partial charge in [-0.25, -0.2) is 0 Å². The molecule has 0 heterocycles. The highest BCUT2D eigenvalue weighted by molar-refractivity contribution is 5.25. The van der Waals surface area contributed by atoms with Crippen molar-refractivity contribution in [3.05, 3.63) is 35.9 Å². The van der Waals surface area contributed by atoms with E-state index in [1.165, 1.54) is 24.9 Å². The Morgan fingerprint density at radius 3 is 2.30 bits per heavy atom. The molecule has 2 nitrogen and oxygen atoms in total. The molecular weight excluding hydrogens is 244 g/mol. The largest absolute Gasteiger partial charge is 0.316 e. The van der Waals surface area contributed by atoms with Crippen LogP contribution in [0.1, 0.15) is 46.1 Å². The molecule has 0 radical (unpaired) electrons. The highest BCUT2D eigenvalue weighted by Crippen LogP contribution is 2.24. The summed E-state index contributed by atoms with van der Waals surface area (Å²) in [5.74, 6) is 0. The van der Waals surface area contributed by atoms with Gasteiger partial charge in [-0.05, 0) is 38.0 Å². The molecule has 0 aromatic heterocycles. The number of hydrogen-bond donors (Lipinski definition) is 1. The van der Waals surface area contributed by atoms with Gasteiger partial charge in [-0.1, -0.05) is 58.0 Å². The van der Waals surface area contributed by atoms with Crippen LogP contribution in [0.3, 0.4) is 0 Å². The first-order chi connectivity index (χ1) is 9.66. The molecule has 0 saturated carbocycles. The van der Waals surface area contributed by atoms with E-state index in [-0.39, 0.29) is 5.41 Å². The van der Waals surface area contributed by atoms with Gasteiger partial charge in [0, 0.05) is 18.5 Å². The van der Waals surface area contributed by atoms with Crippen LogP contribution in [-0.4, -0.2) is 37.6 Å². The van der Waals surface area contributed by atoms with Gasteiger partial charge in [0.05, 0.1) is 0 Å². The van der Waals surface area contributed by atoms with Crippen LogP contribution in [0, 0.1) is 0 Å². The number of hydrogen-bond acceptors (Lipinski definition) is 2. The Kier molecular flexibility index (Phi) is 7.86. The maximum absolute atomic E-state index is 3.62. The molecule has 0 spiro atoms. The summed E-state index contributed by atoms with van der Waals surface area (Å²) in [6.07, 6.45) is 2.42. The first-order valence-electron chi connectivity index (χ1n) is 8.14. The second kappa shape index (κ2) is 9.15. The minimum Gasteiger partial charge on any atom is -0.316 e. The lowest BCUT2D eigenvalue weighted by Gasteiger charge is -2.36. The second-order valence-electron chi connectivity index (χ2n) is 5.97. The number of nitrogens with one attached hydrogen (secondary N) is 1. The number of likely N-dealkylation sites (N-methyl/N-ethyl adjacent to an activating group) is 1. The van der Waals surface area contributed by atoms with Gasteiger partial charge in [0.1, 0.15) is 0 Å². The topological polar surface area (TPSA) is 15.3 Å². The quantitative estimate of drug-likeness (QED) is 0.656. The minimum absolute atomic E-state index is 0.182. The van der Waals surface area contributed by atoms with E-state index in [4.69, 9.17) is 0 Å². The van der Waals surface area contributed by atoms with Crippen molar-refractivity contribution >= 4 is 0 Å². The maximum atomic E-state index is 3.62. The van der Waals surface area contributed by atoms with Crippen molar-refractivity contribution in [2.24, 2.45) is 0 Å². The third kappa shape index (κ3) is 5.26. The highest BCUT2D eigenvalue weighted by Gasteiger charge is 2.28. The van der Waals surface area contributed by atoms with Crippen molar-refractivity contribution in [3.8, 4) is 0 Å². The van der Waals surface area contributed by atoms with Crippen LogP contribution in [0.5, 0.6) is 0 Å². The summed E-state index contributed by atoms with van der Waals surface area (Å²) in [7, 11) is 0. The standard InChI is InChI=1S/C18H32N2/c1-5-13-19-15-18(4,16-20(7-3)14-6-2)17-11-9-8-10-12-17/h8-12,19H,5-7,13-16H2,1-4H3. The van der Waals surface area contributed by atoms with E-state index in [1.807, 2.05) is 0 Å². The Balaban J connectivity index is 2.83. The lowest BCUT2D eigenvalue weighted by Crippen LogP contribution is -2.45. The molecule has 0 aliphatic rings. The van der Waals surface area contributed by atoms with E-state index in [0.29, 0.717) is 0 Å². The molecule has 2 heteroatoms. The lowest BCUT2D eigenvalue weighted by atomic mass is 9.81. The molecule has 1 unspecified atom stereocenters. The molecule has 1 rings (SSSR count). The molecule has 1 atom stereocenters. The summed E-state index contributed by atoms with van der Waals surface area (Å²) in [6, 6.07) is 11.0. The zero-order chi connectivity index (χ0) is 14.8. The average molecular weight is 276 g/mol. The van der Waals surface area contributed by atoms with Crippen LogP contribution >= 0.6 is 0 Å². The van der Waals surface area contributed by atoms with E-state index in [9.17, 15) is 0 Å². The first-order valence-corrected chi connectivity index (χ1v) is 8.14. The third-order valence-corrected chi connectivity index (χ3v) is 3.97. The van der Waals surface area contributed by atoms with Crippen LogP contribution in [-0.2, 0) is 5.41 Å². The van der Waals surface area contributed by atoms with Gasteiger partial charge in [-0.3, -0.25) is 0 Å². The van der Waals surface area contributed by atoms with Gasteiger partial charge in [-0.2, -0.15) is 0 Å². The maximum Gasteiger partial charge on any atom is 0.0177 e. The van der Waals surface area contributed by atoms with Crippen LogP contribution in [0.25, 0.3) is 0 Å². The van der Waals surface area contributed by atoms with Crippen LogP contribution in [0.4, 0.5) is 0 Å². The zero-order valence-electron chi connectivity index (χ0n) is 13.8. The molecule has 20 heavy (non-hydrogen) atoms. The van der Waals surface area contributed by atoms with Gasteiger partial charge >= 0.3 is 0 Å². The molecule has 0 aliphatic heterocycles. The van der Waals surface area contributed by atoms with E-state index in [0.717, 1.165) is 26.2 Å². The van der Waals surface area contributed by atoms with Crippen LogP contribution in [0.2, 0.25) is 0 Å². The fourth-order valence-corrected chi connectivity index (χ4v) is 2.79. The minimum atomic E-state index is 0.182. The molecule has 0 fully saturated rings. The Hall–Kier alpha value is -0.860. The summed E-state index contributed by atoms with van der Waals surface area (Å²) in [6.45, 7) is 14.7. The number of nitrogens with zero attached hydrogens (tertiary/aromatic N) is 1. The molecule has 1 aromatic rings. The molecule has 1 N–H and O–H groups in total. The van der Waals surface area contributed by atoms with Gasteiger partial charge in [0.15, 0.2) is 0 Å². The Labute approximate surface area is 125 Å². The zero-order valence-corrected chi connectivity index (χ0v) is 13.8. The Bertz CT molecular complexity index is 350. The number of benzene rings is 1. The summed E-state index contributed by atoms with van der Waals surface area (Å²) in [5, 5.41) is 3.62. The summed E-state index contributed by atoms with van der Waals surface area (Å²) >= 11 is 0. The first kappa shape index (κ1) is 17.2. The van der Waals surface area contributed by atoms with Crippen molar-refractivity contribution in [1.29, 1.82) is 0 Å². The lowest BCUT2D eigenvalue weighted by molar-refractivity contribution is 0.220. The fourth-order valence-electron chi connectivity index (χ4n) is 2.79. The molecule has 1 aromatic carbocycles. The highest BCUT2D eigenvalue weighted by atomic mass is 15.1. The smallest absolute Gasteiger partial charge is 0.0177 e. The fraction of sp³-hybridized carbons (Fsp3) is 0.667. The van der Waals surface area contributed by atoms with Gasteiger partial charge in [-0.15, -0.1) is 0 Å². The van der Waals surface area contributed by atoms with Crippen LogP contribution < -0.4 is 5.32 Å². The number of rotatable bonds is 10. The van der Waals surface area contributed by atoms with E-state index in [1.54, 1.807) is 0 Å². The van der Waals surface area contributed by atoms with Crippen LogP contribution in [0.15, 0.2) is 30.3 Å². The second-order valence-corrected chi connectivity index (χ2v) is 5.97. The summed E-state index contributed by atoms with van der Waals surface area (Å²) < 4.78 is 0. The van der Waals surface area contributed by atoms with Gasteiger partial charge < -0.3 is 10.2 Å². The summed E-state index contributed by atoms with van der Waals surface area (Å²) in [5.41, 5.74) is 1.62. The van der Waals surface area contributed by atoms with Crippen molar-refractivity contribution in [2.75, 3.05) is 32.7 Å². The predicted octanol–water partition coefficient (Wildman–Crippen LogP) is 3.68. The Morgan fingerprint density at radius 2 is 1.75 bits per heavy atom. The SMILES string of the molecule is CCCNCC(C)(CN(CC)CCC)c1ccccc1. The molecule has 0 bridgehead atoms. The van der Waals surface area contributed by atoms with Crippen molar-refractivity contribution in [2.45, 2.75) is 46.0 Å². The average Bonchev–Trinajstić information content (AvgIpc) is 2.48. The van der Waals surface area contributed by atoms with E-state index < -0.39 is 0 Å². The molecule has 114 valence electrons. The molecule has 0 amide bonds. The molecule has 0 aliphatic carbocycles. The monoisotopic (exact) mass is 276 g/mol. The van der Waals surface area contributed by atoms with Gasteiger partial charge in [0.2, 0.25) is 0 Å². The van der Waals surface area contributed by atoms with Crippen molar-refractivity contribution in [3.63, 3.8) is 0 Å².